The third-order valence-corrected chi connectivity index (χ3v) is 2.15. The van der Waals surface area contributed by atoms with Crippen molar-refractivity contribution in [1.82, 2.24) is 9.55 Å². The molecule has 0 aliphatic carbocycles. The van der Waals surface area contributed by atoms with Crippen molar-refractivity contribution in [3.05, 3.63) is 30.1 Å². The minimum Gasteiger partial charge on any atom is -0.465 e. The van der Waals surface area contributed by atoms with Gasteiger partial charge in [-0.05, 0) is 12.1 Å². The highest BCUT2D eigenvalue weighted by Gasteiger charge is 2.07. The Morgan fingerprint density at radius 3 is 3.07 bits per heavy atom. The number of methoxy groups -OCH3 is 1. The number of carbonyl (C=O) groups is 1. The number of aryl methyl sites for hydroxylation is 1. The van der Waals surface area contributed by atoms with Gasteiger partial charge in [-0.15, -0.1) is 0 Å². The van der Waals surface area contributed by atoms with Crippen molar-refractivity contribution in [2.75, 3.05) is 7.11 Å². The van der Waals surface area contributed by atoms with Crippen molar-refractivity contribution in [3.63, 3.8) is 0 Å². The van der Waals surface area contributed by atoms with Gasteiger partial charge in [0.2, 0.25) is 0 Å². The lowest BCUT2D eigenvalue weighted by atomic mass is 10.2. The first-order valence-corrected chi connectivity index (χ1v) is 4.22. The van der Waals surface area contributed by atoms with E-state index >= 15 is 0 Å². The van der Waals surface area contributed by atoms with Crippen molar-refractivity contribution in [2.45, 2.75) is 0 Å². The van der Waals surface area contributed by atoms with Gasteiger partial charge in [-0.25, -0.2) is 4.79 Å². The number of hydrogen-bond donors (Lipinski definition) is 0. The molecular formula is C10H10N2O2. The predicted molar refractivity (Wildman–Crippen MR) is 52.1 cm³/mol. The second kappa shape index (κ2) is 3.14. The van der Waals surface area contributed by atoms with Gasteiger partial charge >= 0.3 is 5.97 Å². The second-order valence-corrected chi connectivity index (χ2v) is 3.05. The van der Waals surface area contributed by atoms with Gasteiger partial charge in [0.15, 0.2) is 0 Å². The Labute approximate surface area is 81.1 Å². The minimum absolute atomic E-state index is 0.361. The van der Waals surface area contributed by atoms with E-state index in [1.165, 1.54) is 13.3 Å². The maximum Gasteiger partial charge on any atom is 0.339 e. The SMILES string of the molecule is COC(=O)c1cnc2ccn(C)c2c1. The van der Waals surface area contributed by atoms with Crippen LogP contribution in [-0.2, 0) is 11.8 Å². The summed E-state index contributed by atoms with van der Waals surface area (Å²) >= 11 is 0. The maximum atomic E-state index is 11.2. The monoisotopic (exact) mass is 190 g/mol. The van der Waals surface area contributed by atoms with Crippen molar-refractivity contribution in [1.29, 1.82) is 0 Å². The summed E-state index contributed by atoms with van der Waals surface area (Å²) in [6.45, 7) is 0. The average molecular weight is 190 g/mol. The van der Waals surface area contributed by atoms with E-state index in [4.69, 9.17) is 0 Å². The number of pyridine rings is 1. The van der Waals surface area contributed by atoms with Gasteiger partial charge in [0.05, 0.1) is 23.7 Å². The lowest BCUT2D eigenvalue weighted by Gasteiger charge is -2.00. The molecule has 0 saturated carbocycles. The van der Waals surface area contributed by atoms with Gasteiger partial charge in [-0.1, -0.05) is 0 Å². The van der Waals surface area contributed by atoms with E-state index in [2.05, 4.69) is 9.72 Å². The number of nitrogens with zero attached hydrogens (tertiary/aromatic N) is 2. The number of rotatable bonds is 1. The Morgan fingerprint density at radius 1 is 1.57 bits per heavy atom. The first-order chi connectivity index (χ1) is 6.72. The molecular weight excluding hydrogens is 180 g/mol. The third kappa shape index (κ3) is 1.25. The highest BCUT2D eigenvalue weighted by atomic mass is 16.5. The lowest BCUT2D eigenvalue weighted by Crippen LogP contribution is -2.02. The van der Waals surface area contributed by atoms with Crippen LogP contribution in [0.1, 0.15) is 10.4 Å². The van der Waals surface area contributed by atoms with Crippen LogP contribution < -0.4 is 0 Å². The summed E-state index contributed by atoms with van der Waals surface area (Å²) < 4.78 is 6.52. The molecule has 0 aliphatic heterocycles. The van der Waals surface area contributed by atoms with Gasteiger partial charge in [-0.2, -0.15) is 0 Å². The molecule has 0 atom stereocenters. The highest BCUT2D eigenvalue weighted by molar-refractivity contribution is 5.92. The van der Waals surface area contributed by atoms with Gasteiger partial charge < -0.3 is 9.30 Å². The standard InChI is InChI=1S/C10H10N2O2/c1-12-4-3-8-9(12)5-7(6-11-8)10(13)14-2/h3-6H,1-2H3. The van der Waals surface area contributed by atoms with Crippen LogP contribution in [0.2, 0.25) is 0 Å². The van der Waals surface area contributed by atoms with Gasteiger partial charge in [0, 0.05) is 19.4 Å². The molecule has 14 heavy (non-hydrogen) atoms. The van der Waals surface area contributed by atoms with Gasteiger partial charge in [0.1, 0.15) is 0 Å². The Bertz CT molecular complexity index is 488. The van der Waals surface area contributed by atoms with Crippen LogP contribution in [-0.4, -0.2) is 22.6 Å². The van der Waals surface area contributed by atoms with E-state index in [0.29, 0.717) is 5.56 Å². The zero-order valence-electron chi connectivity index (χ0n) is 8.02. The number of aromatic nitrogens is 2. The number of ether oxygens (including phenoxy) is 1. The summed E-state index contributed by atoms with van der Waals surface area (Å²) in [5, 5.41) is 0. The molecule has 0 aliphatic rings. The van der Waals surface area contributed by atoms with Crippen LogP contribution in [0.4, 0.5) is 0 Å². The molecule has 0 N–H and O–H groups in total. The molecule has 0 spiro atoms. The van der Waals surface area contributed by atoms with Crippen molar-refractivity contribution in [2.24, 2.45) is 7.05 Å². The average Bonchev–Trinajstić information content (AvgIpc) is 2.59. The van der Waals surface area contributed by atoms with Crippen LogP contribution in [0.3, 0.4) is 0 Å². The van der Waals surface area contributed by atoms with E-state index in [1.54, 1.807) is 6.07 Å². The van der Waals surface area contributed by atoms with E-state index in [0.717, 1.165) is 11.0 Å². The fourth-order valence-corrected chi connectivity index (χ4v) is 1.37. The second-order valence-electron chi connectivity index (χ2n) is 3.05. The predicted octanol–water partition coefficient (Wildman–Crippen LogP) is 1.36. The summed E-state index contributed by atoms with van der Waals surface area (Å²) in [6.07, 6.45) is 3.42. The highest BCUT2D eigenvalue weighted by Crippen LogP contribution is 2.13. The summed E-state index contributed by atoms with van der Waals surface area (Å²) in [5.74, 6) is -0.361. The first kappa shape index (κ1) is 8.74. The van der Waals surface area contributed by atoms with E-state index in [1.807, 2.05) is 23.9 Å². The zero-order valence-corrected chi connectivity index (χ0v) is 8.02. The zero-order chi connectivity index (χ0) is 10.1. The topological polar surface area (TPSA) is 44.1 Å². The van der Waals surface area contributed by atoms with Crippen LogP contribution in [0.5, 0.6) is 0 Å². The molecule has 0 fully saturated rings. The molecule has 0 unspecified atom stereocenters. The molecule has 4 nitrogen and oxygen atoms in total. The molecule has 0 bridgehead atoms. The van der Waals surface area contributed by atoms with Crippen molar-refractivity contribution >= 4 is 17.0 Å². The fourth-order valence-electron chi connectivity index (χ4n) is 1.37. The first-order valence-electron chi connectivity index (χ1n) is 4.22. The summed E-state index contributed by atoms with van der Waals surface area (Å²) in [7, 11) is 3.27. The molecule has 2 aromatic heterocycles. The maximum absolute atomic E-state index is 11.2. The normalized spacial score (nSPS) is 10.4. The van der Waals surface area contributed by atoms with E-state index < -0.39 is 0 Å². The smallest absolute Gasteiger partial charge is 0.339 e. The quantitative estimate of drug-likeness (QED) is 0.638. The molecule has 72 valence electrons. The lowest BCUT2D eigenvalue weighted by molar-refractivity contribution is 0.0600. The van der Waals surface area contributed by atoms with E-state index in [-0.39, 0.29) is 5.97 Å². The Morgan fingerprint density at radius 2 is 2.36 bits per heavy atom. The Balaban J connectivity index is 2.60. The fraction of sp³-hybridized carbons (Fsp3) is 0.200. The summed E-state index contributed by atoms with van der Waals surface area (Å²) in [4.78, 5) is 15.4. The number of hydrogen-bond acceptors (Lipinski definition) is 3. The summed E-state index contributed by atoms with van der Waals surface area (Å²) in [5.41, 5.74) is 2.27. The third-order valence-electron chi connectivity index (χ3n) is 2.15. The number of fused-ring (bicyclic) bond motifs is 1. The van der Waals surface area contributed by atoms with Crippen LogP contribution in [0.25, 0.3) is 11.0 Å². The van der Waals surface area contributed by atoms with Crippen LogP contribution in [0.15, 0.2) is 24.5 Å². The van der Waals surface area contributed by atoms with Gasteiger partial charge in [0.25, 0.3) is 0 Å². The molecule has 2 heterocycles. The summed E-state index contributed by atoms with van der Waals surface area (Å²) in [6, 6.07) is 3.67. The molecule has 2 aromatic rings. The largest absolute Gasteiger partial charge is 0.465 e. The molecule has 2 rings (SSSR count). The number of carbonyl (C=O) groups excluding carboxylic acids is 1. The molecule has 0 saturated heterocycles. The Kier molecular flexibility index (Phi) is 1.96. The van der Waals surface area contributed by atoms with Crippen LogP contribution >= 0.6 is 0 Å². The molecule has 0 aromatic carbocycles. The molecule has 4 heteroatoms. The molecule has 0 radical (unpaired) electrons. The minimum atomic E-state index is -0.361. The molecule has 0 amide bonds. The van der Waals surface area contributed by atoms with Gasteiger partial charge in [-0.3, -0.25) is 4.98 Å². The van der Waals surface area contributed by atoms with Crippen LogP contribution in [0, 0.1) is 0 Å². The van der Waals surface area contributed by atoms with E-state index in [9.17, 15) is 4.79 Å². The van der Waals surface area contributed by atoms with Crippen molar-refractivity contribution < 1.29 is 9.53 Å². The van der Waals surface area contributed by atoms with Crippen molar-refractivity contribution in [3.8, 4) is 0 Å². The Hall–Kier alpha value is -1.84. The number of esters is 1.